The molecular formula is C23H24BrClN2O3. The molecule has 2 amide bonds. The molecule has 158 valence electrons. The van der Waals surface area contributed by atoms with E-state index in [1.54, 1.807) is 25.1 Å². The second kappa shape index (κ2) is 8.98. The minimum absolute atomic E-state index is 0.0326. The maximum absolute atomic E-state index is 13.1. The Bertz CT molecular complexity index is 942. The van der Waals surface area contributed by atoms with Gasteiger partial charge in [0.25, 0.3) is 11.8 Å². The summed E-state index contributed by atoms with van der Waals surface area (Å²) in [6, 6.07) is 13.3. The van der Waals surface area contributed by atoms with Crippen LogP contribution in [0.1, 0.15) is 48.5 Å². The Morgan fingerprint density at radius 1 is 1.17 bits per heavy atom. The van der Waals surface area contributed by atoms with E-state index in [0.29, 0.717) is 33.4 Å². The summed E-state index contributed by atoms with van der Waals surface area (Å²) < 4.78 is 6.62. The van der Waals surface area contributed by atoms with Gasteiger partial charge >= 0.3 is 0 Å². The highest BCUT2D eigenvalue weighted by Gasteiger charge is 2.35. The Kier molecular flexibility index (Phi) is 6.34. The number of nitrogens with zero attached hydrogens (tertiary/aromatic N) is 1. The van der Waals surface area contributed by atoms with Gasteiger partial charge in [-0.2, -0.15) is 0 Å². The average molecular weight is 492 g/mol. The van der Waals surface area contributed by atoms with Crippen LogP contribution < -0.4 is 10.1 Å². The van der Waals surface area contributed by atoms with E-state index in [-0.39, 0.29) is 17.9 Å². The molecular weight excluding hydrogens is 468 g/mol. The minimum atomic E-state index is -0.619. The minimum Gasteiger partial charge on any atom is -0.480 e. The monoisotopic (exact) mass is 490 g/mol. The van der Waals surface area contributed by atoms with E-state index in [0.717, 1.165) is 31.2 Å². The first-order valence-electron chi connectivity index (χ1n) is 10.2. The van der Waals surface area contributed by atoms with Crippen LogP contribution in [0, 0.1) is 0 Å². The van der Waals surface area contributed by atoms with E-state index in [2.05, 4.69) is 21.2 Å². The summed E-state index contributed by atoms with van der Waals surface area (Å²) in [7, 11) is 0. The zero-order valence-corrected chi connectivity index (χ0v) is 19.1. The van der Waals surface area contributed by atoms with E-state index >= 15 is 0 Å². The average Bonchev–Trinajstić information content (AvgIpc) is 3.63. The fourth-order valence-corrected chi connectivity index (χ4v) is 4.05. The number of ether oxygens (including phenoxy) is 1. The summed E-state index contributed by atoms with van der Waals surface area (Å²) >= 11 is 9.41. The van der Waals surface area contributed by atoms with Gasteiger partial charge in [0, 0.05) is 29.2 Å². The normalized spacial score (nSPS) is 16.6. The smallest absolute Gasteiger partial charge is 0.263 e. The number of rotatable bonds is 8. The van der Waals surface area contributed by atoms with Crippen molar-refractivity contribution in [3.05, 3.63) is 63.1 Å². The third kappa shape index (κ3) is 5.35. The molecule has 1 atom stereocenters. The fraction of sp³-hybridized carbons (Fsp3) is 0.391. The molecule has 2 aromatic carbocycles. The first-order chi connectivity index (χ1) is 14.4. The molecule has 2 saturated carbocycles. The fourth-order valence-electron chi connectivity index (χ4n) is 3.27. The molecule has 0 heterocycles. The number of amides is 2. The third-order valence-electron chi connectivity index (χ3n) is 5.30. The standard InChI is InChI=1S/C23H24BrClN2O3/c1-14(30-21-11-6-17(25)12-20(21)24)23(29)27(19-9-10-19)13-15-2-4-16(5-3-15)22(28)26-18-7-8-18/h2-6,11-12,14,18-19H,7-10,13H2,1H3,(H,26,28). The zero-order chi connectivity index (χ0) is 21.3. The largest absolute Gasteiger partial charge is 0.480 e. The van der Waals surface area contributed by atoms with Crippen molar-refractivity contribution in [3.8, 4) is 5.75 Å². The summed E-state index contributed by atoms with van der Waals surface area (Å²) in [6.07, 6.45) is 3.52. The SMILES string of the molecule is CC(Oc1ccc(Cl)cc1Br)C(=O)N(Cc1ccc(C(=O)NC2CC2)cc1)C1CC1. The van der Waals surface area contributed by atoms with Crippen molar-refractivity contribution in [2.75, 3.05) is 0 Å². The second-order valence-corrected chi connectivity index (χ2v) is 9.27. The molecule has 2 aliphatic carbocycles. The molecule has 0 bridgehead atoms. The Balaban J connectivity index is 1.40. The lowest BCUT2D eigenvalue weighted by Gasteiger charge is -2.26. The highest BCUT2D eigenvalue weighted by atomic mass is 79.9. The lowest BCUT2D eigenvalue weighted by Crippen LogP contribution is -2.41. The molecule has 2 fully saturated rings. The third-order valence-corrected chi connectivity index (χ3v) is 6.15. The van der Waals surface area contributed by atoms with Crippen LogP contribution in [-0.4, -0.2) is 34.9 Å². The Morgan fingerprint density at radius 2 is 1.87 bits per heavy atom. The van der Waals surface area contributed by atoms with Crippen LogP contribution in [-0.2, 0) is 11.3 Å². The molecule has 2 aromatic rings. The quantitative estimate of drug-likeness (QED) is 0.568. The molecule has 1 N–H and O–H groups in total. The van der Waals surface area contributed by atoms with E-state index in [1.165, 1.54) is 0 Å². The number of carbonyl (C=O) groups is 2. The first kappa shape index (κ1) is 21.2. The molecule has 0 aliphatic heterocycles. The van der Waals surface area contributed by atoms with Gasteiger partial charge in [-0.3, -0.25) is 9.59 Å². The van der Waals surface area contributed by atoms with Crippen molar-refractivity contribution in [1.29, 1.82) is 0 Å². The Hall–Kier alpha value is -2.05. The number of carbonyl (C=O) groups excluding carboxylic acids is 2. The summed E-state index contributed by atoms with van der Waals surface area (Å²) in [5, 5.41) is 3.59. The van der Waals surface area contributed by atoms with Gasteiger partial charge in [-0.05, 0) is 84.4 Å². The van der Waals surface area contributed by atoms with Crippen molar-refractivity contribution in [2.45, 2.75) is 57.3 Å². The maximum Gasteiger partial charge on any atom is 0.263 e. The van der Waals surface area contributed by atoms with Crippen molar-refractivity contribution in [1.82, 2.24) is 10.2 Å². The molecule has 2 aliphatic rings. The van der Waals surface area contributed by atoms with Gasteiger partial charge in [0.1, 0.15) is 5.75 Å². The van der Waals surface area contributed by atoms with Gasteiger partial charge in [0.05, 0.1) is 4.47 Å². The molecule has 0 radical (unpaired) electrons. The summed E-state index contributed by atoms with van der Waals surface area (Å²) in [5.74, 6) is 0.506. The highest BCUT2D eigenvalue weighted by molar-refractivity contribution is 9.10. The summed E-state index contributed by atoms with van der Waals surface area (Å²) in [4.78, 5) is 27.2. The van der Waals surface area contributed by atoms with Crippen LogP contribution >= 0.6 is 27.5 Å². The topological polar surface area (TPSA) is 58.6 Å². The van der Waals surface area contributed by atoms with Crippen LogP contribution in [0.3, 0.4) is 0 Å². The predicted octanol–water partition coefficient (Wildman–Crippen LogP) is 4.95. The molecule has 7 heteroatoms. The van der Waals surface area contributed by atoms with Gasteiger partial charge in [0.2, 0.25) is 0 Å². The summed E-state index contributed by atoms with van der Waals surface area (Å²) in [5.41, 5.74) is 1.65. The molecule has 0 saturated heterocycles. The Morgan fingerprint density at radius 3 is 2.47 bits per heavy atom. The number of hydrogen-bond acceptors (Lipinski definition) is 3. The molecule has 4 rings (SSSR count). The number of nitrogens with one attached hydrogen (secondary N) is 1. The Labute approximate surface area is 189 Å². The summed E-state index contributed by atoms with van der Waals surface area (Å²) in [6.45, 7) is 2.27. The van der Waals surface area contributed by atoms with Gasteiger partial charge in [-0.1, -0.05) is 23.7 Å². The van der Waals surface area contributed by atoms with E-state index in [9.17, 15) is 9.59 Å². The van der Waals surface area contributed by atoms with Crippen molar-refractivity contribution >= 4 is 39.3 Å². The molecule has 5 nitrogen and oxygen atoms in total. The van der Waals surface area contributed by atoms with Gasteiger partial charge in [-0.25, -0.2) is 0 Å². The molecule has 1 unspecified atom stereocenters. The van der Waals surface area contributed by atoms with Gasteiger partial charge < -0.3 is 15.0 Å². The van der Waals surface area contributed by atoms with Crippen molar-refractivity contribution < 1.29 is 14.3 Å². The molecule has 0 spiro atoms. The first-order valence-corrected chi connectivity index (χ1v) is 11.4. The second-order valence-electron chi connectivity index (χ2n) is 7.98. The van der Waals surface area contributed by atoms with Crippen LogP contribution in [0.25, 0.3) is 0 Å². The van der Waals surface area contributed by atoms with Gasteiger partial charge in [0.15, 0.2) is 6.10 Å². The van der Waals surface area contributed by atoms with E-state index < -0.39 is 6.10 Å². The maximum atomic E-state index is 13.1. The van der Waals surface area contributed by atoms with Crippen LogP contribution in [0.5, 0.6) is 5.75 Å². The number of hydrogen-bond donors (Lipinski definition) is 1. The van der Waals surface area contributed by atoms with Crippen molar-refractivity contribution in [2.24, 2.45) is 0 Å². The highest BCUT2D eigenvalue weighted by Crippen LogP contribution is 2.32. The van der Waals surface area contributed by atoms with Crippen LogP contribution in [0.15, 0.2) is 46.9 Å². The number of halogens is 2. The predicted molar refractivity (Wildman–Crippen MR) is 120 cm³/mol. The zero-order valence-electron chi connectivity index (χ0n) is 16.7. The van der Waals surface area contributed by atoms with E-state index in [1.807, 2.05) is 29.2 Å². The van der Waals surface area contributed by atoms with Crippen molar-refractivity contribution in [3.63, 3.8) is 0 Å². The van der Waals surface area contributed by atoms with Gasteiger partial charge in [-0.15, -0.1) is 0 Å². The van der Waals surface area contributed by atoms with E-state index in [4.69, 9.17) is 16.3 Å². The lowest BCUT2D eigenvalue weighted by atomic mass is 10.1. The molecule has 0 aromatic heterocycles. The molecule has 30 heavy (non-hydrogen) atoms. The lowest BCUT2D eigenvalue weighted by molar-refractivity contribution is -0.139. The van der Waals surface area contributed by atoms with Crippen LogP contribution in [0.2, 0.25) is 5.02 Å². The number of benzene rings is 2. The van der Waals surface area contributed by atoms with Crippen LogP contribution in [0.4, 0.5) is 0 Å².